The fourth-order valence-corrected chi connectivity index (χ4v) is 4.88. The van der Waals surface area contributed by atoms with Crippen molar-refractivity contribution in [3.8, 4) is 0 Å². The highest BCUT2D eigenvalue weighted by molar-refractivity contribution is 6.01. The quantitative estimate of drug-likeness (QED) is 0.450. The minimum atomic E-state index is -0.560. The highest BCUT2D eigenvalue weighted by Crippen LogP contribution is 2.48. The molecule has 0 aromatic heterocycles. The molecule has 1 amide bonds. The molecule has 35 heavy (non-hydrogen) atoms. The van der Waals surface area contributed by atoms with Crippen LogP contribution in [0.4, 0.5) is 17.1 Å². The second kappa shape index (κ2) is 9.52. The fraction of sp³-hybridized carbons (Fsp3) is 0.407. The number of Topliss-reactive ketones (excluding diaryl/α,β-unsaturated/α-hetero) is 1. The molecule has 0 bridgehead atoms. The van der Waals surface area contributed by atoms with Crippen LogP contribution in [-0.2, 0) is 9.59 Å². The molecule has 1 aliphatic heterocycles. The standard InChI is InChI=1S/C27H32N4O4/c1-17(2)15-28-24(33)16-30-22-8-6-5-7-20(22)29-21-13-27(3,4)14-23(32)25(21)26(30)18-9-11-19(12-10-18)31(34)35/h5-12,17,26,29H,13-16H2,1-4H3,(H,28,33). The smallest absolute Gasteiger partial charge is 0.269 e. The molecule has 2 aliphatic rings. The van der Waals surface area contributed by atoms with E-state index in [4.69, 9.17) is 0 Å². The van der Waals surface area contributed by atoms with Crippen LogP contribution in [0.2, 0.25) is 0 Å². The average Bonchev–Trinajstić information content (AvgIpc) is 2.91. The number of nitrogens with one attached hydrogen (secondary N) is 2. The molecule has 8 heteroatoms. The molecular weight excluding hydrogens is 444 g/mol. The molecule has 1 aliphatic carbocycles. The Hall–Kier alpha value is -3.68. The maximum atomic E-state index is 13.6. The minimum Gasteiger partial charge on any atom is -0.357 e. The Kier molecular flexibility index (Phi) is 6.65. The summed E-state index contributed by atoms with van der Waals surface area (Å²) in [6.45, 7) is 8.81. The van der Waals surface area contributed by atoms with Gasteiger partial charge in [0, 0.05) is 36.4 Å². The van der Waals surface area contributed by atoms with Gasteiger partial charge in [-0.15, -0.1) is 0 Å². The third-order valence-electron chi connectivity index (χ3n) is 6.45. The minimum absolute atomic E-state index is 0.0208. The van der Waals surface area contributed by atoms with E-state index in [0.717, 1.165) is 22.6 Å². The normalized spacial score (nSPS) is 18.9. The third kappa shape index (κ3) is 5.21. The zero-order valence-electron chi connectivity index (χ0n) is 20.6. The fourth-order valence-electron chi connectivity index (χ4n) is 4.88. The van der Waals surface area contributed by atoms with Crippen molar-refractivity contribution in [2.45, 2.75) is 46.6 Å². The number of hydrogen-bond acceptors (Lipinski definition) is 6. The molecule has 0 fully saturated rings. The largest absolute Gasteiger partial charge is 0.357 e. The number of non-ortho nitro benzene ring substituents is 1. The number of ketones is 1. The zero-order chi connectivity index (χ0) is 25.3. The highest BCUT2D eigenvalue weighted by atomic mass is 16.6. The Morgan fingerprint density at radius 1 is 1.17 bits per heavy atom. The monoisotopic (exact) mass is 476 g/mol. The van der Waals surface area contributed by atoms with Crippen molar-refractivity contribution in [1.29, 1.82) is 0 Å². The summed E-state index contributed by atoms with van der Waals surface area (Å²) in [5.74, 6) is 0.180. The van der Waals surface area contributed by atoms with E-state index >= 15 is 0 Å². The molecular formula is C27H32N4O4. The summed E-state index contributed by atoms with van der Waals surface area (Å²) >= 11 is 0. The van der Waals surface area contributed by atoms with E-state index in [1.54, 1.807) is 12.1 Å². The van der Waals surface area contributed by atoms with Gasteiger partial charge in [-0.25, -0.2) is 0 Å². The Labute approximate surface area is 205 Å². The topological polar surface area (TPSA) is 105 Å². The van der Waals surface area contributed by atoms with Crippen molar-refractivity contribution in [3.63, 3.8) is 0 Å². The SMILES string of the molecule is CC(C)CNC(=O)CN1c2ccccc2NC2=C(C(=O)CC(C)(C)C2)C1c1ccc([N+](=O)[O-])cc1. The van der Waals surface area contributed by atoms with E-state index < -0.39 is 11.0 Å². The number of nitro benzene ring substituents is 1. The first-order chi connectivity index (χ1) is 16.6. The van der Waals surface area contributed by atoms with Gasteiger partial charge in [-0.05, 0) is 47.6 Å². The predicted octanol–water partition coefficient (Wildman–Crippen LogP) is 4.98. The second-order valence-corrected chi connectivity index (χ2v) is 10.6. The number of carbonyl (C=O) groups excluding carboxylic acids is 2. The number of benzene rings is 2. The van der Waals surface area contributed by atoms with E-state index in [1.807, 2.05) is 43.0 Å². The van der Waals surface area contributed by atoms with Crippen LogP contribution in [0.15, 0.2) is 59.8 Å². The van der Waals surface area contributed by atoms with E-state index in [0.29, 0.717) is 30.9 Å². The molecule has 2 aromatic rings. The number of carbonyl (C=O) groups is 2. The van der Waals surface area contributed by atoms with Crippen LogP contribution >= 0.6 is 0 Å². The first kappa shape index (κ1) is 24.4. The van der Waals surface area contributed by atoms with Crippen LogP contribution in [0.3, 0.4) is 0 Å². The molecule has 2 aromatic carbocycles. The van der Waals surface area contributed by atoms with Gasteiger partial charge in [0.2, 0.25) is 5.91 Å². The lowest BCUT2D eigenvalue weighted by Gasteiger charge is -2.37. The van der Waals surface area contributed by atoms with Gasteiger partial charge in [0.05, 0.1) is 28.9 Å². The van der Waals surface area contributed by atoms with Crippen LogP contribution in [0.1, 0.15) is 52.1 Å². The van der Waals surface area contributed by atoms with Crippen molar-refractivity contribution in [3.05, 3.63) is 75.5 Å². The van der Waals surface area contributed by atoms with Gasteiger partial charge >= 0.3 is 0 Å². The Morgan fingerprint density at radius 3 is 2.51 bits per heavy atom. The van der Waals surface area contributed by atoms with Crippen molar-refractivity contribution in [2.24, 2.45) is 11.3 Å². The number of amides is 1. The summed E-state index contributed by atoms with van der Waals surface area (Å²) in [7, 11) is 0. The summed E-state index contributed by atoms with van der Waals surface area (Å²) in [5.41, 5.74) is 3.58. The number of allylic oxidation sites excluding steroid dienone is 1. The van der Waals surface area contributed by atoms with E-state index in [1.165, 1.54) is 12.1 Å². The molecule has 1 unspecified atom stereocenters. The number of anilines is 2. The number of fused-ring (bicyclic) bond motifs is 1. The van der Waals surface area contributed by atoms with Crippen LogP contribution < -0.4 is 15.5 Å². The first-order valence-electron chi connectivity index (χ1n) is 12.0. The lowest BCUT2D eigenvalue weighted by Crippen LogP contribution is -2.42. The van der Waals surface area contributed by atoms with Crippen LogP contribution in [0, 0.1) is 21.4 Å². The van der Waals surface area contributed by atoms with E-state index in [2.05, 4.69) is 24.5 Å². The van der Waals surface area contributed by atoms with Crippen LogP contribution in [0.5, 0.6) is 0 Å². The molecule has 0 spiro atoms. The molecule has 0 saturated carbocycles. The van der Waals surface area contributed by atoms with Crippen molar-refractivity contribution in [2.75, 3.05) is 23.3 Å². The van der Waals surface area contributed by atoms with Crippen molar-refractivity contribution >= 4 is 28.8 Å². The Balaban J connectivity index is 1.88. The molecule has 1 atom stereocenters. The maximum absolute atomic E-state index is 13.6. The van der Waals surface area contributed by atoms with Gasteiger partial charge in [-0.1, -0.05) is 39.8 Å². The first-order valence-corrected chi connectivity index (χ1v) is 12.0. The van der Waals surface area contributed by atoms with Gasteiger partial charge in [-0.3, -0.25) is 19.7 Å². The lowest BCUT2D eigenvalue weighted by atomic mass is 9.73. The van der Waals surface area contributed by atoms with E-state index in [-0.39, 0.29) is 29.3 Å². The number of nitro groups is 1. The molecule has 1 heterocycles. The number of nitrogens with zero attached hydrogens (tertiary/aromatic N) is 2. The summed E-state index contributed by atoms with van der Waals surface area (Å²) in [6.07, 6.45) is 1.07. The third-order valence-corrected chi connectivity index (χ3v) is 6.45. The molecule has 0 saturated heterocycles. The van der Waals surface area contributed by atoms with Crippen LogP contribution in [-0.4, -0.2) is 29.7 Å². The number of para-hydroxylation sites is 2. The van der Waals surface area contributed by atoms with Gasteiger partial charge in [-0.2, -0.15) is 0 Å². The molecule has 4 rings (SSSR count). The van der Waals surface area contributed by atoms with E-state index in [9.17, 15) is 19.7 Å². The molecule has 8 nitrogen and oxygen atoms in total. The van der Waals surface area contributed by atoms with Crippen LogP contribution in [0.25, 0.3) is 0 Å². The van der Waals surface area contributed by atoms with Gasteiger partial charge in [0.15, 0.2) is 5.78 Å². The van der Waals surface area contributed by atoms with Gasteiger partial charge < -0.3 is 15.5 Å². The maximum Gasteiger partial charge on any atom is 0.269 e. The summed E-state index contributed by atoms with van der Waals surface area (Å²) in [4.78, 5) is 39.4. The number of hydrogen-bond donors (Lipinski definition) is 2. The summed E-state index contributed by atoms with van der Waals surface area (Å²) in [5, 5.41) is 17.8. The second-order valence-electron chi connectivity index (χ2n) is 10.6. The van der Waals surface area contributed by atoms with Gasteiger partial charge in [0.1, 0.15) is 0 Å². The lowest BCUT2D eigenvalue weighted by molar-refractivity contribution is -0.384. The number of rotatable bonds is 6. The summed E-state index contributed by atoms with van der Waals surface area (Å²) in [6, 6.07) is 13.4. The zero-order valence-corrected chi connectivity index (χ0v) is 20.6. The average molecular weight is 477 g/mol. The van der Waals surface area contributed by atoms with Crippen molar-refractivity contribution < 1.29 is 14.5 Å². The van der Waals surface area contributed by atoms with Crippen molar-refractivity contribution in [1.82, 2.24) is 5.32 Å². The molecule has 0 radical (unpaired) electrons. The Bertz CT molecular complexity index is 1180. The molecule has 184 valence electrons. The predicted molar refractivity (Wildman–Crippen MR) is 136 cm³/mol. The molecule has 2 N–H and O–H groups in total. The highest BCUT2D eigenvalue weighted by Gasteiger charge is 2.42. The summed E-state index contributed by atoms with van der Waals surface area (Å²) < 4.78 is 0. The Morgan fingerprint density at radius 2 is 1.86 bits per heavy atom. The van der Waals surface area contributed by atoms with Gasteiger partial charge in [0.25, 0.3) is 5.69 Å².